The number of ether oxygens (including phenoxy) is 3. The van der Waals surface area contributed by atoms with Crippen LogP contribution in [0.3, 0.4) is 0 Å². The molecule has 0 bridgehead atoms. The summed E-state index contributed by atoms with van der Waals surface area (Å²) in [6, 6.07) is 0. The average Bonchev–Trinajstić information content (AvgIpc) is 3.31. The van der Waals surface area contributed by atoms with E-state index in [1.165, 1.54) is 19.8 Å². The highest BCUT2D eigenvalue weighted by molar-refractivity contribution is 5.72. The molecule has 0 unspecified atom stereocenters. The molecule has 214 valence electrons. The van der Waals surface area contributed by atoms with E-state index in [1.807, 2.05) is 7.11 Å². The molecule has 0 aromatic heterocycles. The van der Waals surface area contributed by atoms with E-state index in [1.54, 1.807) is 12.5 Å². The maximum Gasteiger partial charge on any atom is 0.302 e. The van der Waals surface area contributed by atoms with Gasteiger partial charge in [-0.15, -0.1) is 0 Å². The van der Waals surface area contributed by atoms with Crippen LogP contribution >= 0.6 is 0 Å². The molecule has 38 heavy (non-hydrogen) atoms. The number of carbonyl (C=O) groups excluding carboxylic acids is 2. The highest BCUT2D eigenvalue weighted by atomic mass is 16.7. The summed E-state index contributed by atoms with van der Waals surface area (Å²) in [7, 11) is 1.83. The number of esters is 1. The first-order valence-corrected chi connectivity index (χ1v) is 15.3. The van der Waals surface area contributed by atoms with Gasteiger partial charge in [-0.2, -0.15) is 0 Å². The maximum absolute atomic E-state index is 11.6. The van der Waals surface area contributed by atoms with Crippen molar-refractivity contribution in [2.24, 2.45) is 46.3 Å². The zero-order valence-electron chi connectivity index (χ0n) is 24.8. The Morgan fingerprint density at radius 2 is 1.95 bits per heavy atom. The molecular formula is C32H51NO5. The number of hydrogen-bond acceptors (Lipinski definition) is 5. The van der Waals surface area contributed by atoms with Crippen molar-refractivity contribution in [1.29, 1.82) is 0 Å². The zero-order chi connectivity index (χ0) is 27.5. The van der Waals surface area contributed by atoms with Gasteiger partial charge in [0.1, 0.15) is 6.10 Å². The fourth-order valence-corrected chi connectivity index (χ4v) is 10.1. The normalized spacial score (nSPS) is 46.2. The van der Waals surface area contributed by atoms with Gasteiger partial charge in [-0.25, -0.2) is 0 Å². The Bertz CT molecular complexity index is 963. The fraction of sp³-hybridized carbons (Fsp3) is 0.875. The number of nitrogens with one attached hydrogen (secondary N) is 1. The van der Waals surface area contributed by atoms with E-state index >= 15 is 0 Å². The lowest BCUT2D eigenvalue weighted by Gasteiger charge is -2.58. The van der Waals surface area contributed by atoms with Gasteiger partial charge in [-0.3, -0.25) is 9.59 Å². The molecule has 3 saturated carbocycles. The third-order valence-corrected chi connectivity index (χ3v) is 12.1. The van der Waals surface area contributed by atoms with Crippen LogP contribution in [0.1, 0.15) is 99.3 Å². The highest BCUT2D eigenvalue weighted by Crippen LogP contribution is 2.70. The van der Waals surface area contributed by atoms with Gasteiger partial charge in [0, 0.05) is 46.3 Å². The summed E-state index contributed by atoms with van der Waals surface area (Å²) in [6.07, 6.45) is 12.6. The van der Waals surface area contributed by atoms with Gasteiger partial charge in [-0.1, -0.05) is 39.3 Å². The Kier molecular flexibility index (Phi) is 7.56. The molecule has 1 amide bonds. The molecule has 1 aliphatic heterocycles. The predicted molar refractivity (Wildman–Crippen MR) is 147 cm³/mol. The lowest BCUT2D eigenvalue weighted by Crippen LogP contribution is -2.52. The second-order valence-corrected chi connectivity index (χ2v) is 14.1. The summed E-state index contributed by atoms with van der Waals surface area (Å²) in [4.78, 5) is 22.9. The monoisotopic (exact) mass is 529 g/mol. The maximum atomic E-state index is 11.6. The Labute approximate surface area is 230 Å². The smallest absolute Gasteiger partial charge is 0.302 e. The Balaban J connectivity index is 1.30. The topological polar surface area (TPSA) is 73.9 Å². The van der Waals surface area contributed by atoms with E-state index < -0.39 is 5.79 Å². The number of allylic oxidation sites excluding steroid dienone is 1. The van der Waals surface area contributed by atoms with E-state index in [0.29, 0.717) is 36.1 Å². The predicted octanol–water partition coefficient (Wildman–Crippen LogP) is 6.04. The molecule has 1 N–H and O–H groups in total. The molecule has 6 nitrogen and oxygen atoms in total. The van der Waals surface area contributed by atoms with Crippen LogP contribution in [0.5, 0.6) is 0 Å². The highest BCUT2D eigenvalue weighted by Gasteiger charge is 2.68. The van der Waals surface area contributed by atoms with Crippen molar-refractivity contribution in [2.45, 2.75) is 117 Å². The van der Waals surface area contributed by atoms with Gasteiger partial charge in [-0.05, 0) is 85.4 Å². The van der Waals surface area contributed by atoms with E-state index in [2.05, 4.69) is 39.1 Å². The van der Waals surface area contributed by atoms with Crippen molar-refractivity contribution in [3.8, 4) is 0 Å². The lowest BCUT2D eigenvalue weighted by atomic mass is 9.47. The Morgan fingerprint density at radius 3 is 2.63 bits per heavy atom. The molecule has 4 fully saturated rings. The van der Waals surface area contributed by atoms with Crippen molar-refractivity contribution in [1.82, 2.24) is 5.32 Å². The van der Waals surface area contributed by atoms with Crippen LogP contribution in [0.15, 0.2) is 11.6 Å². The molecule has 0 spiro atoms. The molecular weight excluding hydrogens is 478 g/mol. The van der Waals surface area contributed by atoms with E-state index in [-0.39, 0.29) is 34.9 Å². The number of methoxy groups -OCH3 is 1. The van der Waals surface area contributed by atoms with Crippen LogP contribution in [-0.4, -0.2) is 43.5 Å². The van der Waals surface area contributed by atoms with Crippen LogP contribution in [0.4, 0.5) is 0 Å². The van der Waals surface area contributed by atoms with Crippen LogP contribution in [0.25, 0.3) is 0 Å². The van der Waals surface area contributed by atoms with Crippen molar-refractivity contribution < 1.29 is 23.8 Å². The van der Waals surface area contributed by atoms with E-state index in [0.717, 1.165) is 50.9 Å². The van der Waals surface area contributed by atoms with Crippen molar-refractivity contribution in [3.05, 3.63) is 11.6 Å². The van der Waals surface area contributed by atoms with Gasteiger partial charge in [0.25, 0.3) is 0 Å². The van der Waals surface area contributed by atoms with Crippen molar-refractivity contribution in [2.75, 3.05) is 13.7 Å². The minimum absolute atomic E-state index is 0.0314. The summed E-state index contributed by atoms with van der Waals surface area (Å²) >= 11 is 0. The molecule has 6 heteroatoms. The van der Waals surface area contributed by atoms with E-state index in [4.69, 9.17) is 14.2 Å². The largest absolute Gasteiger partial charge is 0.462 e. The van der Waals surface area contributed by atoms with Gasteiger partial charge in [0.2, 0.25) is 5.91 Å². The standard InChI is InChI=1S/C32H51NO5/c1-19(18-33-21(3)34)10-15-32(36-7)20(2)29-28(38-32)17-27-25-9-8-23-16-24(37-22(4)35)11-13-30(23,5)26(25)12-14-31(27,29)6/h8,19-20,24-29H,9-18H2,1-7H3,(H,33,34)/t19-,20+,24-,25-,26+,27+,28-,29+,30+,31+,32-/m1/s1. The Hall–Kier alpha value is -1.40. The number of amides is 1. The Morgan fingerprint density at radius 1 is 1.18 bits per heavy atom. The fourth-order valence-electron chi connectivity index (χ4n) is 10.1. The number of carbonyl (C=O) groups is 2. The molecule has 1 heterocycles. The molecule has 1 saturated heterocycles. The molecule has 5 rings (SSSR count). The SMILES string of the molecule is CO[C@]1(CC[C@@H](C)CNC(C)=O)O[C@@H]2C[C@H]3[C@@H]4CC=C5C[C@H](OC(C)=O)CC[C@]5(C)[C@H]4CC[C@]3(C)[C@H]2[C@@H]1C. The lowest BCUT2D eigenvalue weighted by molar-refractivity contribution is -0.238. The zero-order valence-corrected chi connectivity index (χ0v) is 24.8. The first-order valence-electron chi connectivity index (χ1n) is 15.3. The van der Waals surface area contributed by atoms with Crippen LogP contribution in [0, 0.1) is 46.3 Å². The van der Waals surface area contributed by atoms with Crippen LogP contribution in [-0.2, 0) is 23.8 Å². The number of rotatable bonds is 7. The molecule has 4 aliphatic carbocycles. The summed E-state index contributed by atoms with van der Waals surface area (Å²) < 4.78 is 18.8. The molecule has 0 aromatic rings. The van der Waals surface area contributed by atoms with Crippen LogP contribution < -0.4 is 5.32 Å². The third-order valence-electron chi connectivity index (χ3n) is 12.1. The first-order chi connectivity index (χ1) is 17.9. The molecule has 5 aliphatic rings. The van der Waals surface area contributed by atoms with Gasteiger partial charge >= 0.3 is 5.97 Å². The van der Waals surface area contributed by atoms with E-state index in [9.17, 15) is 9.59 Å². The minimum atomic E-state index is -0.522. The minimum Gasteiger partial charge on any atom is -0.462 e. The van der Waals surface area contributed by atoms with Gasteiger partial charge < -0.3 is 19.5 Å². The first kappa shape index (κ1) is 28.1. The van der Waals surface area contributed by atoms with Gasteiger partial charge in [0.05, 0.1) is 6.10 Å². The van der Waals surface area contributed by atoms with Gasteiger partial charge in [0.15, 0.2) is 5.79 Å². The molecule has 0 radical (unpaired) electrons. The summed E-state index contributed by atoms with van der Waals surface area (Å²) in [5, 5.41) is 2.96. The van der Waals surface area contributed by atoms with Crippen LogP contribution in [0.2, 0.25) is 0 Å². The second-order valence-electron chi connectivity index (χ2n) is 14.1. The number of hydrogen-bond donors (Lipinski definition) is 1. The van der Waals surface area contributed by atoms with Crippen molar-refractivity contribution in [3.63, 3.8) is 0 Å². The summed E-state index contributed by atoms with van der Waals surface area (Å²) in [5.74, 6) is 2.74. The molecule has 11 atom stereocenters. The second kappa shape index (κ2) is 10.2. The quantitative estimate of drug-likeness (QED) is 0.322. The summed E-state index contributed by atoms with van der Waals surface area (Å²) in [5.41, 5.74) is 2.07. The third kappa shape index (κ3) is 4.56. The number of fused-ring (bicyclic) bond motifs is 7. The average molecular weight is 530 g/mol. The molecule has 0 aromatic carbocycles. The van der Waals surface area contributed by atoms with Crippen molar-refractivity contribution >= 4 is 11.9 Å². The summed E-state index contributed by atoms with van der Waals surface area (Å²) in [6.45, 7) is 13.5.